The van der Waals surface area contributed by atoms with Crippen LogP contribution in [0.4, 0.5) is 0 Å². The summed E-state index contributed by atoms with van der Waals surface area (Å²) in [6, 6.07) is 17.1. The Bertz CT molecular complexity index is 1270. The molecule has 1 saturated heterocycles. The molecular formula is C29H33N3O4. The highest BCUT2D eigenvalue weighted by atomic mass is 16.5. The number of para-hydroxylation sites is 1. The fourth-order valence-corrected chi connectivity index (χ4v) is 6.24. The van der Waals surface area contributed by atoms with Crippen LogP contribution < -0.4 is 4.74 Å². The van der Waals surface area contributed by atoms with Crippen molar-refractivity contribution in [1.82, 2.24) is 14.7 Å². The van der Waals surface area contributed by atoms with Gasteiger partial charge in [0.15, 0.2) is 6.61 Å². The lowest BCUT2D eigenvalue weighted by Crippen LogP contribution is -2.39. The minimum Gasteiger partial charge on any atom is -0.497 e. The first-order chi connectivity index (χ1) is 17.2. The molecule has 7 nitrogen and oxygen atoms in total. The summed E-state index contributed by atoms with van der Waals surface area (Å²) in [6.07, 6.45) is 4.76. The van der Waals surface area contributed by atoms with E-state index in [-0.39, 0.29) is 29.4 Å². The summed E-state index contributed by atoms with van der Waals surface area (Å²) in [6.45, 7) is 7.26. The fraction of sp³-hybridized carbons (Fsp3) is 0.414. The normalized spacial score (nSPS) is 22.3. The van der Waals surface area contributed by atoms with E-state index in [1.807, 2.05) is 59.5 Å². The molecular weight excluding hydrogens is 454 g/mol. The first kappa shape index (κ1) is 24.1. The van der Waals surface area contributed by atoms with Gasteiger partial charge in [-0.1, -0.05) is 39.0 Å². The molecule has 2 heterocycles. The van der Waals surface area contributed by atoms with Crippen molar-refractivity contribution in [3.8, 4) is 22.7 Å². The zero-order valence-electron chi connectivity index (χ0n) is 21.4. The number of aromatic nitrogens is 2. The number of carbonyl (C=O) groups is 2. The summed E-state index contributed by atoms with van der Waals surface area (Å²) in [7, 11) is 1.61. The van der Waals surface area contributed by atoms with Gasteiger partial charge < -0.3 is 14.4 Å². The lowest BCUT2D eigenvalue weighted by atomic mass is 9.65. The van der Waals surface area contributed by atoms with Gasteiger partial charge in [-0.25, -0.2) is 9.48 Å². The molecule has 1 amide bonds. The Morgan fingerprint density at radius 3 is 2.44 bits per heavy atom. The van der Waals surface area contributed by atoms with Crippen molar-refractivity contribution in [2.24, 2.45) is 10.8 Å². The minimum absolute atomic E-state index is 0.128. The molecule has 2 fully saturated rings. The lowest BCUT2D eigenvalue weighted by molar-refractivity contribution is -0.135. The number of rotatable bonds is 6. The Morgan fingerprint density at radius 1 is 1.03 bits per heavy atom. The zero-order valence-corrected chi connectivity index (χ0v) is 21.4. The summed E-state index contributed by atoms with van der Waals surface area (Å²) in [5.41, 5.74) is 2.72. The number of benzene rings is 2. The Hall–Kier alpha value is -3.61. The van der Waals surface area contributed by atoms with Crippen LogP contribution in [-0.4, -0.2) is 52.9 Å². The summed E-state index contributed by atoms with van der Waals surface area (Å²) < 4.78 is 12.5. The van der Waals surface area contributed by atoms with E-state index < -0.39 is 5.97 Å². The van der Waals surface area contributed by atoms with Gasteiger partial charge in [0.25, 0.3) is 5.91 Å². The first-order valence-electron chi connectivity index (χ1n) is 12.4. The fourth-order valence-electron chi connectivity index (χ4n) is 6.24. The van der Waals surface area contributed by atoms with E-state index in [4.69, 9.17) is 9.47 Å². The van der Waals surface area contributed by atoms with Gasteiger partial charge in [0.05, 0.1) is 12.8 Å². The van der Waals surface area contributed by atoms with E-state index in [9.17, 15) is 9.59 Å². The van der Waals surface area contributed by atoms with Gasteiger partial charge in [0.1, 0.15) is 17.0 Å². The van der Waals surface area contributed by atoms with Gasteiger partial charge in [-0.05, 0) is 66.5 Å². The third kappa shape index (κ3) is 4.74. The molecule has 2 bridgehead atoms. The maximum Gasteiger partial charge on any atom is 0.342 e. The molecule has 1 aliphatic carbocycles. The summed E-state index contributed by atoms with van der Waals surface area (Å²) >= 11 is 0. The maximum absolute atomic E-state index is 13.2. The number of hydrogen-bond donors (Lipinski definition) is 0. The maximum atomic E-state index is 13.2. The zero-order chi connectivity index (χ0) is 25.5. The van der Waals surface area contributed by atoms with Crippen LogP contribution in [-0.2, 0) is 9.53 Å². The molecule has 188 valence electrons. The molecule has 2 aromatic carbocycles. The molecule has 36 heavy (non-hydrogen) atoms. The van der Waals surface area contributed by atoms with E-state index in [1.54, 1.807) is 18.0 Å². The molecule has 3 aromatic rings. The average Bonchev–Trinajstić information content (AvgIpc) is 3.41. The number of ether oxygens (including phenoxy) is 2. The first-order valence-corrected chi connectivity index (χ1v) is 12.4. The van der Waals surface area contributed by atoms with Crippen molar-refractivity contribution >= 4 is 11.9 Å². The van der Waals surface area contributed by atoms with Crippen LogP contribution in [0.25, 0.3) is 16.9 Å². The van der Waals surface area contributed by atoms with E-state index in [1.165, 1.54) is 0 Å². The van der Waals surface area contributed by atoms with Crippen LogP contribution in [0.5, 0.6) is 5.75 Å². The number of carbonyl (C=O) groups excluding carboxylic acids is 2. The van der Waals surface area contributed by atoms with Crippen molar-refractivity contribution in [1.29, 1.82) is 0 Å². The molecule has 0 spiro atoms. The van der Waals surface area contributed by atoms with Gasteiger partial charge in [0.2, 0.25) is 0 Å². The quantitative estimate of drug-likeness (QED) is 0.451. The van der Waals surface area contributed by atoms with E-state index >= 15 is 0 Å². The van der Waals surface area contributed by atoms with Crippen LogP contribution >= 0.6 is 0 Å². The molecule has 0 N–H and O–H groups in total. The predicted molar refractivity (Wildman–Crippen MR) is 137 cm³/mol. The van der Waals surface area contributed by atoms with Crippen LogP contribution in [0.2, 0.25) is 0 Å². The Labute approximate surface area is 212 Å². The predicted octanol–water partition coefficient (Wildman–Crippen LogP) is 5.13. The van der Waals surface area contributed by atoms with Gasteiger partial charge in [-0.3, -0.25) is 4.79 Å². The second-order valence-corrected chi connectivity index (χ2v) is 11.2. The van der Waals surface area contributed by atoms with Gasteiger partial charge in [-0.2, -0.15) is 5.10 Å². The molecule has 5 rings (SSSR count). The third-order valence-corrected chi connectivity index (χ3v) is 7.38. The molecule has 7 heteroatoms. The van der Waals surface area contributed by atoms with Crippen LogP contribution in [0, 0.1) is 10.8 Å². The Morgan fingerprint density at radius 2 is 1.75 bits per heavy atom. The number of nitrogens with zero attached hydrogens (tertiary/aromatic N) is 3. The largest absolute Gasteiger partial charge is 0.497 e. The highest BCUT2D eigenvalue weighted by Crippen LogP contribution is 2.52. The van der Waals surface area contributed by atoms with Crippen molar-refractivity contribution < 1.29 is 19.1 Å². The van der Waals surface area contributed by atoms with E-state index in [2.05, 4.69) is 25.9 Å². The topological polar surface area (TPSA) is 73.7 Å². The second kappa shape index (κ2) is 9.12. The second-order valence-electron chi connectivity index (χ2n) is 11.2. The van der Waals surface area contributed by atoms with Crippen LogP contribution in [0.1, 0.15) is 50.4 Å². The molecule has 2 unspecified atom stereocenters. The van der Waals surface area contributed by atoms with Crippen LogP contribution in [0.3, 0.4) is 0 Å². The van der Waals surface area contributed by atoms with Crippen molar-refractivity contribution in [2.45, 2.75) is 46.1 Å². The van der Waals surface area contributed by atoms with E-state index in [0.29, 0.717) is 17.0 Å². The van der Waals surface area contributed by atoms with Gasteiger partial charge >= 0.3 is 5.97 Å². The van der Waals surface area contributed by atoms with E-state index in [0.717, 1.165) is 37.1 Å². The molecule has 1 aliphatic heterocycles. The Balaban J connectivity index is 1.36. The van der Waals surface area contributed by atoms with Crippen LogP contribution in [0.15, 0.2) is 60.8 Å². The third-order valence-electron chi connectivity index (χ3n) is 7.38. The van der Waals surface area contributed by atoms with Gasteiger partial charge in [0, 0.05) is 24.3 Å². The lowest BCUT2D eigenvalue weighted by Gasteiger charge is -2.39. The van der Waals surface area contributed by atoms with Gasteiger partial charge in [-0.15, -0.1) is 0 Å². The number of hydrogen-bond acceptors (Lipinski definition) is 5. The highest BCUT2D eigenvalue weighted by Gasteiger charge is 2.51. The summed E-state index contributed by atoms with van der Waals surface area (Å²) in [5, 5.41) is 4.68. The summed E-state index contributed by atoms with van der Waals surface area (Å²) in [5.74, 6) is 0.0185. The van der Waals surface area contributed by atoms with Crippen molar-refractivity contribution in [3.63, 3.8) is 0 Å². The molecule has 1 saturated carbocycles. The SMILES string of the molecule is COc1ccc(-c2nn(-c3ccccc3)cc2C(=O)OCC(=O)N2CC3(C)CC2CC(C)(C)C3)cc1. The minimum atomic E-state index is -0.565. The standard InChI is InChI=1S/C29H33N3O4/c1-28(2)14-22-15-29(3,18-28)19-31(22)25(33)17-36-27(34)24-16-32(21-8-6-5-7-9-21)30-26(24)20-10-12-23(35-4)13-11-20/h5-13,16,22H,14-15,17-19H2,1-4H3. The molecule has 2 aliphatic rings. The summed E-state index contributed by atoms with van der Waals surface area (Å²) in [4.78, 5) is 28.3. The molecule has 0 radical (unpaired) electrons. The Kier molecular flexibility index (Phi) is 6.10. The number of esters is 1. The number of amides is 1. The van der Waals surface area contributed by atoms with Crippen molar-refractivity contribution in [3.05, 3.63) is 66.4 Å². The average molecular weight is 488 g/mol. The number of likely N-dealkylation sites (tertiary alicyclic amines) is 1. The molecule has 1 aromatic heterocycles. The smallest absolute Gasteiger partial charge is 0.342 e. The number of fused-ring (bicyclic) bond motifs is 2. The molecule has 2 atom stereocenters. The number of methoxy groups -OCH3 is 1. The highest BCUT2D eigenvalue weighted by molar-refractivity contribution is 5.97. The monoisotopic (exact) mass is 487 g/mol. The van der Waals surface area contributed by atoms with Crippen molar-refractivity contribution in [2.75, 3.05) is 20.3 Å².